The summed E-state index contributed by atoms with van der Waals surface area (Å²) in [6.07, 6.45) is 0.899. The summed E-state index contributed by atoms with van der Waals surface area (Å²) in [5, 5.41) is 4.23. The Morgan fingerprint density at radius 1 is 1.38 bits per heavy atom. The van der Waals surface area contributed by atoms with Gasteiger partial charge in [-0.1, -0.05) is 23.2 Å². The lowest BCUT2D eigenvalue weighted by Gasteiger charge is -2.17. The number of nitrogens with one attached hydrogen (secondary N) is 1. The molecule has 1 unspecified atom stereocenters. The minimum atomic E-state index is 0.263. The molecular weight excluding hydrogens is 247 g/mol. The van der Waals surface area contributed by atoms with E-state index in [0.717, 1.165) is 12.1 Å². The van der Waals surface area contributed by atoms with Crippen molar-refractivity contribution in [1.82, 2.24) is 0 Å². The van der Waals surface area contributed by atoms with Gasteiger partial charge in [0.25, 0.3) is 0 Å². The van der Waals surface area contributed by atoms with Crippen molar-refractivity contribution in [2.45, 2.75) is 19.4 Å². The van der Waals surface area contributed by atoms with Gasteiger partial charge < -0.3 is 15.8 Å². The number of hydrogen-bond donors (Lipinski definition) is 2. The number of nitrogen functional groups attached to an aromatic ring is 1. The molecule has 3 nitrogen and oxygen atoms in total. The number of methoxy groups -OCH3 is 1. The lowest BCUT2D eigenvalue weighted by Crippen LogP contribution is -2.18. The summed E-state index contributed by atoms with van der Waals surface area (Å²) in [5.41, 5.74) is 7.23. The third-order valence-corrected chi connectivity index (χ3v) is 2.97. The van der Waals surface area contributed by atoms with Crippen molar-refractivity contribution in [3.05, 3.63) is 22.2 Å². The second-order valence-corrected chi connectivity index (χ2v) is 4.49. The standard InChI is InChI=1S/C11H16Cl2N2O/c1-7(3-4-16-2)15-11-6-9(13)8(12)5-10(11)14/h5-7,15H,3-4,14H2,1-2H3. The largest absolute Gasteiger partial charge is 0.397 e. The first kappa shape index (κ1) is 13.4. The second kappa shape index (κ2) is 6.18. The molecule has 1 aromatic carbocycles. The van der Waals surface area contributed by atoms with E-state index in [0.29, 0.717) is 22.3 Å². The first-order chi connectivity index (χ1) is 7.54. The smallest absolute Gasteiger partial charge is 0.0614 e. The molecule has 1 rings (SSSR count). The average Bonchev–Trinajstić information content (AvgIpc) is 2.23. The van der Waals surface area contributed by atoms with E-state index in [9.17, 15) is 0 Å². The quantitative estimate of drug-likeness (QED) is 0.800. The second-order valence-electron chi connectivity index (χ2n) is 3.68. The monoisotopic (exact) mass is 262 g/mol. The van der Waals surface area contributed by atoms with Crippen LogP contribution >= 0.6 is 23.2 Å². The maximum absolute atomic E-state index is 5.92. The first-order valence-electron chi connectivity index (χ1n) is 5.04. The van der Waals surface area contributed by atoms with Crippen LogP contribution in [0.5, 0.6) is 0 Å². The molecule has 0 aromatic heterocycles. The number of hydrogen-bond acceptors (Lipinski definition) is 3. The van der Waals surface area contributed by atoms with E-state index < -0.39 is 0 Å². The van der Waals surface area contributed by atoms with Crippen LogP contribution in [0, 0.1) is 0 Å². The van der Waals surface area contributed by atoms with Crippen LogP contribution in [-0.2, 0) is 4.74 Å². The Bertz CT molecular complexity index is 358. The van der Waals surface area contributed by atoms with Crippen molar-refractivity contribution in [3.8, 4) is 0 Å². The molecule has 0 saturated heterocycles. The van der Waals surface area contributed by atoms with E-state index in [4.69, 9.17) is 33.7 Å². The molecule has 0 amide bonds. The summed E-state index contributed by atoms with van der Waals surface area (Å²) < 4.78 is 5.00. The highest BCUT2D eigenvalue weighted by Gasteiger charge is 2.07. The molecule has 1 aromatic rings. The highest BCUT2D eigenvalue weighted by Crippen LogP contribution is 2.31. The SMILES string of the molecule is COCCC(C)Nc1cc(Cl)c(Cl)cc1N. The summed E-state index contributed by atoms with van der Waals surface area (Å²) in [6.45, 7) is 2.76. The Morgan fingerprint density at radius 2 is 2.00 bits per heavy atom. The topological polar surface area (TPSA) is 47.3 Å². The molecule has 90 valence electrons. The summed E-state index contributed by atoms with van der Waals surface area (Å²) in [4.78, 5) is 0. The van der Waals surface area contributed by atoms with Gasteiger partial charge in [0, 0.05) is 19.8 Å². The molecule has 0 saturated carbocycles. The van der Waals surface area contributed by atoms with Crippen LogP contribution in [0.2, 0.25) is 10.0 Å². The molecule has 0 spiro atoms. The van der Waals surface area contributed by atoms with E-state index in [2.05, 4.69) is 12.2 Å². The van der Waals surface area contributed by atoms with Crippen molar-refractivity contribution >= 4 is 34.6 Å². The van der Waals surface area contributed by atoms with Crippen LogP contribution in [0.1, 0.15) is 13.3 Å². The van der Waals surface area contributed by atoms with Crippen LogP contribution in [0.3, 0.4) is 0 Å². The van der Waals surface area contributed by atoms with Gasteiger partial charge in [0.15, 0.2) is 0 Å². The van der Waals surface area contributed by atoms with E-state index in [1.54, 1.807) is 19.2 Å². The highest BCUT2D eigenvalue weighted by atomic mass is 35.5. The molecule has 0 bridgehead atoms. The van der Waals surface area contributed by atoms with Crippen LogP contribution in [-0.4, -0.2) is 19.8 Å². The summed E-state index contributed by atoms with van der Waals surface area (Å²) >= 11 is 11.8. The van der Waals surface area contributed by atoms with Gasteiger partial charge in [-0.05, 0) is 25.5 Å². The highest BCUT2D eigenvalue weighted by molar-refractivity contribution is 6.42. The lowest BCUT2D eigenvalue weighted by molar-refractivity contribution is 0.191. The number of ether oxygens (including phenoxy) is 1. The molecule has 16 heavy (non-hydrogen) atoms. The van der Waals surface area contributed by atoms with Gasteiger partial charge in [0.2, 0.25) is 0 Å². The molecule has 0 heterocycles. The van der Waals surface area contributed by atoms with E-state index in [1.807, 2.05) is 0 Å². The number of halogens is 2. The Labute approximate surface area is 106 Å². The van der Waals surface area contributed by atoms with Crippen molar-refractivity contribution in [1.29, 1.82) is 0 Å². The molecule has 0 aliphatic heterocycles. The predicted octanol–water partition coefficient (Wildman–Crippen LogP) is 3.41. The molecule has 0 radical (unpaired) electrons. The Balaban J connectivity index is 2.69. The first-order valence-corrected chi connectivity index (χ1v) is 5.80. The zero-order valence-corrected chi connectivity index (χ0v) is 10.9. The van der Waals surface area contributed by atoms with Crippen molar-refractivity contribution in [2.24, 2.45) is 0 Å². The Kier molecular flexibility index (Phi) is 5.19. The van der Waals surface area contributed by atoms with Crippen molar-refractivity contribution in [2.75, 3.05) is 24.8 Å². The number of anilines is 2. The van der Waals surface area contributed by atoms with Gasteiger partial charge in [-0.25, -0.2) is 0 Å². The fraction of sp³-hybridized carbons (Fsp3) is 0.455. The third kappa shape index (κ3) is 3.74. The fourth-order valence-corrected chi connectivity index (χ4v) is 1.66. The number of rotatable bonds is 5. The molecule has 5 heteroatoms. The van der Waals surface area contributed by atoms with E-state index in [1.165, 1.54) is 0 Å². The predicted molar refractivity (Wildman–Crippen MR) is 70.5 cm³/mol. The molecule has 0 aliphatic carbocycles. The van der Waals surface area contributed by atoms with Crippen LogP contribution in [0.4, 0.5) is 11.4 Å². The average molecular weight is 263 g/mol. The minimum Gasteiger partial charge on any atom is -0.397 e. The van der Waals surface area contributed by atoms with Gasteiger partial charge in [-0.15, -0.1) is 0 Å². The molecule has 1 atom stereocenters. The fourth-order valence-electron chi connectivity index (χ4n) is 1.32. The maximum Gasteiger partial charge on any atom is 0.0614 e. The maximum atomic E-state index is 5.92. The van der Waals surface area contributed by atoms with Crippen molar-refractivity contribution in [3.63, 3.8) is 0 Å². The summed E-state index contributed by atoms with van der Waals surface area (Å²) in [6, 6.07) is 3.65. The molecular formula is C11H16Cl2N2O. The number of benzene rings is 1. The zero-order valence-electron chi connectivity index (χ0n) is 9.39. The van der Waals surface area contributed by atoms with Gasteiger partial charge >= 0.3 is 0 Å². The summed E-state index contributed by atoms with van der Waals surface area (Å²) in [5.74, 6) is 0. The number of nitrogens with two attached hydrogens (primary N) is 1. The van der Waals surface area contributed by atoms with Crippen LogP contribution in [0.25, 0.3) is 0 Å². The molecule has 0 aliphatic rings. The van der Waals surface area contributed by atoms with Gasteiger partial charge in [0.05, 0.1) is 21.4 Å². The van der Waals surface area contributed by atoms with E-state index >= 15 is 0 Å². The third-order valence-electron chi connectivity index (χ3n) is 2.25. The normalized spacial score (nSPS) is 12.5. The van der Waals surface area contributed by atoms with Gasteiger partial charge in [-0.3, -0.25) is 0 Å². The van der Waals surface area contributed by atoms with E-state index in [-0.39, 0.29) is 6.04 Å². The lowest BCUT2D eigenvalue weighted by atomic mass is 10.2. The Hall–Kier alpha value is -0.640. The Morgan fingerprint density at radius 3 is 2.62 bits per heavy atom. The van der Waals surface area contributed by atoms with Crippen molar-refractivity contribution < 1.29 is 4.74 Å². The zero-order chi connectivity index (χ0) is 12.1. The summed E-state index contributed by atoms with van der Waals surface area (Å²) in [7, 11) is 1.68. The van der Waals surface area contributed by atoms with Gasteiger partial charge in [0.1, 0.15) is 0 Å². The minimum absolute atomic E-state index is 0.263. The van der Waals surface area contributed by atoms with Crippen LogP contribution in [0.15, 0.2) is 12.1 Å². The van der Waals surface area contributed by atoms with Crippen LogP contribution < -0.4 is 11.1 Å². The molecule has 3 N–H and O–H groups in total. The van der Waals surface area contributed by atoms with Gasteiger partial charge in [-0.2, -0.15) is 0 Å². The molecule has 0 fully saturated rings.